The van der Waals surface area contributed by atoms with Crippen LogP contribution in [0, 0.1) is 11.3 Å². The Balaban J connectivity index is 3.87. The Hall–Kier alpha value is -1.11. The molecule has 4 nitrogen and oxygen atoms in total. The standard InChI is InChI=1S/C6H11N2O2/c1-4(2)6(8-7)10-5(3)9/h4,6H,1-3H3/q+1. The molecule has 0 aliphatic rings. The highest BCUT2D eigenvalue weighted by Crippen LogP contribution is 2.07. The number of rotatable bonds is 2. The molecule has 0 aromatic rings. The van der Waals surface area contributed by atoms with Gasteiger partial charge < -0.3 is 4.74 Å². The highest BCUT2D eigenvalue weighted by molar-refractivity contribution is 5.66. The monoisotopic (exact) mass is 143 g/mol. The minimum Gasteiger partial charge on any atom is -0.386 e. The lowest BCUT2D eigenvalue weighted by atomic mass is 10.2. The molecule has 0 aliphatic heterocycles. The summed E-state index contributed by atoms with van der Waals surface area (Å²) in [5.74, 6) is -0.426. The van der Waals surface area contributed by atoms with Gasteiger partial charge in [0.1, 0.15) is 0 Å². The predicted molar refractivity (Wildman–Crippen MR) is 35.5 cm³/mol. The smallest absolute Gasteiger partial charge is 0.386 e. The summed E-state index contributed by atoms with van der Waals surface area (Å²) in [6.07, 6.45) is -0.725. The molecule has 0 aromatic carbocycles. The number of hydrogen-bond donors (Lipinski definition) is 0. The number of esters is 1. The predicted octanol–water partition coefficient (Wildman–Crippen LogP) is 1.38. The van der Waals surface area contributed by atoms with E-state index in [0.717, 1.165) is 0 Å². The van der Waals surface area contributed by atoms with Crippen molar-refractivity contribution in [1.82, 2.24) is 0 Å². The van der Waals surface area contributed by atoms with Crippen LogP contribution in [0.5, 0.6) is 0 Å². The average molecular weight is 143 g/mol. The first-order valence-corrected chi connectivity index (χ1v) is 3.09. The highest BCUT2D eigenvalue weighted by Gasteiger charge is 2.27. The molecule has 0 aliphatic carbocycles. The molecule has 0 rings (SSSR count). The number of nitrogens with zero attached hydrogens (tertiary/aromatic N) is 2. The molecule has 0 radical (unpaired) electrons. The molecule has 56 valence electrons. The lowest BCUT2D eigenvalue weighted by Crippen LogP contribution is -2.17. The fourth-order valence-corrected chi connectivity index (χ4v) is 0.463. The van der Waals surface area contributed by atoms with E-state index >= 15 is 0 Å². The Morgan fingerprint density at radius 3 is 2.20 bits per heavy atom. The van der Waals surface area contributed by atoms with Gasteiger partial charge in [-0.15, -0.1) is 0 Å². The van der Waals surface area contributed by atoms with Crippen molar-refractivity contribution in [2.75, 3.05) is 0 Å². The number of carbonyl (C=O) groups is 1. The quantitative estimate of drug-likeness (QED) is 0.433. The maximum atomic E-state index is 10.3. The summed E-state index contributed by atoms with van der Waals surface area (Å²) in [5.41, 5.74) is 0. The van der Waals surface area contributed by atoms with Gasteiger partial charge in [0, 0.05) is 6.92 Å². The summed E-state index contributed by atoms with van der Waals surface area (Å²) in [6, 6.07) is 0. The zero-order valence-electron chi connectivity index (χ0n) is 6.37. The summed E-state index contributed by atoms with van der Waals surface area (Å²) in [6.45, 7) is 4.88. The van der Waals surface area contributed by atoms with Crippen molar-refractivity contribution < 1.29 is 9.53 Å². The van der Waals surface area contributed by atoms with Crippen LogP contribution in [0.25, 0.3) is 4.98 Å². The molecular weight excluding hydrogens is 132 g/mol. The SMILES string of the molecule is CC(=O)OC([N+]#N)C(C)C. The van der Waals surface area contributed by atoms with E-state index in [1.807, 2.05) is 0 Å². The molecule has 1 atom stereocenters. The van der Waals surface area contributed by atoms with Crippen molar-refractivity contribution in [2.24, 2.45) is 5.92 Å². The second-order valence-corrected chi connectivity index (χ2v) is 2.36. The van der Waals surface area contributed by atoms with Crippen LogP contribution in [0.4, 0.5) is 0 Å². The second-order valence-electron chi connectivity index (χ2n) is 2.36. The second kappa shape index (κ2) is 3.83. The summed E-state index contributed by atoms with van der Waals surface area (Å²) >= 11 is 0. The third-order valence-corrected chi connectivity index (χ3v) is 0.971. The number of carbonyl (C=O) groups excluding carboxylic acids is 1. The highest BCUT2D eigenvalue weighted by atomic mass is 16.6. The van der Waals surface area contributed by atoms with Gasteiger partial charge in [0.05, 0.1) is 5.92 Å². The first-order valence-electron chi connectivity index (χ1n) is 3.09. The zero-order valence-corrected chi connectivity index (χ0v) is 6.37. The number of ether oxygens (including phenoxy) is 1. The molecule has 0 saturated heterocycles. The van der Waals surface area contributed by atoms with Crippen LogP contribution in [-0.2, 0) is 9.53 Å². The van der Waals surface area contributed by atoms with Gasteiger partial charge in [0.25, 0.3) is 0 Å². The molecule has 4 heteroatoms. The Morgan fingerprint density at radius 1 is 1.60 bits per heavy atom. The van der Waals surface area contributed by atoms with E-state index in [4.69, 9.17) is 5.39 Å². The minimum atomic E-state index is -0.725. The summed E-state index contributed by atoms with van der Waals surface area (Å²) in [5, 5.41) is 8.29. The minimum absolute atomic E-state index is 0.00824. The van der Waals surface area contributed by atoms with E-state index in [9.17, 15) is 4.79 Å². The molecule has 1 unspecified atom stereocenters. The van der Waals surface area contributed by atoms with Crippen molar-refractivity contribution in [3.05, 3.63) is 4.98 Å². The van der Waals surface area contributed by atoms with Crippen molar-refractivity contribution in [2.45, 2.75) is 27.0 Å². The van der Waals surface area contributed by atoms with E-state index in [-0.39, 0.29) is 5.92 Å². The molecule has 10 heavy (non-hydrogen) atoms. The van der Waals surface area contributed by atoms with Crippen LogP contribution in [-0.4, -0.2) is 12.2 Å². The molecule has 0 spiro atoms. The number of diazo groups is 1. The van der Waals surface area contributed by atoms with Gasteiger partial charge in [0.2, 0.25) is 5.39 Å². The summed E-state index contributed by atoms with van der Waals surface area (Å²) in [7, 11) is 0. The molecule has 0 bridgehead atoms. The first-order chi connectivity index (χ1) is 4.57. The zero-order chi connectivity index (χ0) is 8.15. The van der Waals surface area contributed by atoms with Gasteiger partial charge in [-0.05, 0) is 0 Å². The maximum absolute atomic E-state index is 10.3. The van der Waals surface area contributed by atoms with Crippen molar-refractivity contribution in [1.29, 1.82) is 5.39 Å². The van der Waals surface area contributed by atoms with E-state index in [1.165, 1.54) is 6.92 Å². The van der Waals surface area contributed by atoms with Crippen molar-refractivity contribution >= 4 is 5.97 Å². The molecule has 0 saturated carbocycles. The van der Waals surface area contributed by atoms with E-state index in [2.05, 4.69) is 9.71 Å². The topological polar surface area (TPSA) is 54.5 Å². The Labute approximate surface area is 59.8 Å². The van der Waals surface area contributed by atoms with Crippen LogP contribution in [0.2, 0.25) is 0 Å². The Morgan fingerprint density at radius 2 is 2.10 bits per heavy atom. The molecular formula is C6H11N2O2+. The van der Waals surface area contributed by atoms with Crippen LogP contribution in [0.3, 0.4) is 0 Å². The van der Waals surface area contributed by atoms with Gasteiger partial charge in [-0.1, -0.05) is 13.8 Å². The molecule has 0 N–H and O–H groups in total. The molecule has 0 heterocycles. The third kappa shape index (κ3) is 3.02. The van der Waals surface area contributed by atoms with Gasteiger partial charge in [-0.2, -0.15) is 0 Å². The van der Waals surface area contributed by atoms with Crippen LogP contribution < -0.4 is 0 Å². The van der Waals surface area contributed by atoms with Crippen LogP contribution >= 0.6 is 0 Å². The summed E-state index contributed by atoms with van der Waals surface area (Å²) in [4.78, 5) is 13.2. The molecule has 0 amide bonds. The van der Waals surface area contributed by atoms with Crippen molar-refractivity contribution in [3.8, 4) is 0 Å². The normalized spacial score (nSPS) is 12.3. The summed E-state index contributed by atoms with van der Waals surface area (Å²) < 4.78 is 4.61. The Kier molecular flexibility index (Phi) is 3.40. The van der Waals surface area contributed by atoms with Gasteiger partial charge in [-0.3, -0.25) is 4.79 Å². The first kappa shape index (κ1) is 8.89. The third-order valence-electron chi connectivity index (χ3n) is 0.971. The van der Waals surface area contributed by atoms with Crippen molar-refractivity contribution in [3.63, 3.8) is 0 Å². The molecule has 0 aromatic heterocycles. The maximum Gasteiger partial charge on any atom is 0.460 e. The fourth-order valence-electron chi connectivity index (χ4n) is 0.463. The van der Waals surface area contributed by atoms with Crippen LogP contribution in [0.15, 0.2) is 0 Å². The van der Waals surface area contributed by atoms with Gasteiger partial charge in [0.15, 0.2) is 4.98 Å². The Bertz CT molecular complexity index is 160. The fraction of sp³-hybridized carbons (Fsp3) is 0.833. The average Bonchev–Trinajstić information content (AvgIpc) is 1.81. The lowest BCUT2D eigenvalue weighted by Gasteiger charge is -2.01. The van der Waals surface area contributed by atoms with E-state index < -0.39 is 12.2 Å². The van der Waals surface area contributed by atoms with Crippen LogP contribution in [0.1, 0.15) is 20.8 Å². The number of hydrogen-bond acceptors (Lipinski definition) is 3. The van der Waals surface area contributed by atoms with E-state index in [1.54, 1.807) is 13.8 Å². The van der Waals surface area contributed by atoms with Gasteiger partial charge in [-0.25, -0.2) is 0 Å². The van der Waals surface area contributed by atoms with E-state index in [0.29, 0.717) is 0 Å². The molecule has 0 fully saturated rings. The largest absolute Gasteiger partial charge is 0.460 e. The lowest BCUT2D eigenvalue weighted by molar-refractivity contribution is -0.146. The van der Waals surface area contributed by atoms with Gasteiger partial charge >= 0.3 is 12.2 Å².